The lowest BCUT2D eigenvalue weighted by atomic mass is 10.1. The maximum atomic E-state index is 12.4. The second kappa shape index (κ2) is 9.13. The molecule has 0 atom stereocenters. The minimum Gasteiger partial charge on any atom is -0.496 e. The monoisotopic (exact) mass is 433 g/mol. The first-order valence-electron chi connectivity index (χ1n) is 10.6. The van der Waals surface area contributed by atoms with Crippen LogP contribution in [0.1, 0.15) is 25.1 Å². The van der Waals surface area contributed by atoms with Crippen LogP contribution in [-0.4, -0.2) is 32.5 Å². The van der Waals surface area contributed by atoms with Crippen molar-refractivity contribution in [1.29, 1.82) is 0 Å². The third-order valence-electron chi connectivity index (χ3n) is 5.36. The van der Waals surface area contributed by atoms with Crippen LogP contribution in [0.4, 0.5) is 10.5 Å². The molecule has 1 N–H and O–H groups in total. The molecular formula is C24H27N5O3. The Bertz CT molecular complexity index is 1260. The van der Waals surface area contributed by atoms with E-state index in [9.17, 15) is 4.79 Å². The van der Waals surface area contributed by atoms with Crippen molar-refractivity contribution in [3.05, 3.63) is 60.0 Å². The Kier molecular flexibility index (Phi) is 6.11. The van der Waals surface area contributed by atoms with Crippen LogP contribution in [0.3, 0.4) is 0 Å². The molecule has 0 fully saturated rings. The number of imidazole rings is 1. The number of ether oxygens (including phenoxy) is 2. The quantitative estimate of drug-likeness (QED) is 0.443. The Hall–Kier alpha value is -3.81. The van der Waals surface area contributed by atoms with Gasteiger partial charge in [-0.1, -0.05) is 6.07 Å². The number of benzene rings is 2. The van der Waals surface area contributed by atoms with Crippen LogP contribution in [0.5, 0.6) is 5.75 Å². The van der Waals surface area contributed by atoms with E-state index in [0.717, 1.165) is 45.8 Å². The number of hydrogen-bond acceptors (Lipinski definition) is 5. The Morgan fingerprint density at radius 2 is 1.94 bits per heavy atom. The van der Waals surface area contributed by atoms with Gasteiger partial charge < -0.3 is 14.0 Å². The molecule has 0 aliphatic rings. The third kappa shape index (κ3) is 4.30. The summed E-state index contributed by atoms with van der Waals surface area (Å²) in [6.45, 7) is 7.68. The lowest BCUT2D eigenvalue weighted by Gasteiger charge is -2.08. The highest BCUT2D eigenvalue weighted by molar-refractivity contribution is 5.88. The summed E-state index contributed by atoms with van der Waals surface area (Å²) in [5.74, 6) is 0.761. The van der Waals surface area contributed by atoms with Crippen LogP contribution in [0.25, 0.3) is 22.3 Å². The molecule has 32 heavy (non-hydrogen) atoms. The topological polar surface area (TPSA) is 83.2 Å². The van der Waals surface area contributed by atoms with Gasteiger partial charge in [0, 0.05) is 24.3 Å². The van der Waals surface area contributed by atoms with Crippen LogP contribution in [0.15, 0.2) is 48.8 Å². The number of anilines is 1. The SMILES string of the molecule is CCn1nc(-c2ccc(C)cc2OC)cc1COC(=O)Nc1ccc2c(c1)ncn2CC. The predicted octanol–water partition coefficient (Wildman–Crippen LogP) is 5.01. The minimum atomic E-state index is -0.530. The number of nitrogens with zero attached hydrogens (tertiary/aromatic N) is 4. The molecule has 2 heterocycles. The Balaban J connectivity index is 1.46. The van der Waals surface area contributed by atoms with Crippen molar-refractivity contribution < 1.29 is 14.3 Å². The van der Waals surface area contributed by atoms with Crippen molar-refractivity contribution >= 4 is 22.8 Å². The van der Waals surface area contributed by atoms with Gasteiger partial charge in [-0.05, 0) is 62.7 Å². The molecule has 0 unspecified atom stereocenters. The molecule has 4 rings (SSSR count). The van der Waals surface area contributed by atoms with E-state index in [1.807, 2.05) is 65.6 Å². The van der Waals surface area contributed by atoms with Gasteiger partial charge in [-0.2, -0.15) is 5.10 Å². The maximum absolute atomic E-state index is 12.4. The number of nitrogens with one attached hydrogen (secondary N) is 1. The van der Waals surface area contributed by atoms with Gasteiger partial charge in [0.15, 0.2) is 0 Å². The van der Waals surface area contributed by atoms with E-state index in [4.69, 9.17) is 9.47 Å². The number of rotatable bonds is 7. The summed E-state index contributed by atoms with van der Waals surface area (Å²) >= 11 is 0. The first kappa shape index (κ1) is 21.4. The van der Waals surface area contributed by atoms with E-state index in [2.05, 4.69) is 22.3 Å². The van der Waals surface area contributed by atoms with Gasteiger partial charge in [-0.25, -0.2) is 9.78 Å². The summed E-state index contributed by atoms with van der Waals surface area (Å²) in [5, 5.41) is 7.43. The summed E-state index contributed by atoms with van der Waals surface area (Å²) < 4.78 is 14.9. The largest absolute Gasteiger partial charge is 0.496 e. The fourth-order valence-corrected chi connectivity index (χ4v) is 3.67. The summed E-state index contributed by atoms with van der Waals surface area (Å²) in [6.07, 6.45) is 1.26. The molecule has 4 aromatic rings. The van der Waals surface area contributed by atoms with Crippen molar-refractivity contribution in [2.75, 3.05) is 12.4 Å². The third-order valence-corrected chi connectivity index (χ3v) is 5.36. The van der Waals surface area contributed by atoms with Crippen molar-refractivity contribution in [1.82, 2.24) is 19.3 Å². The van der Waals surface area contributed by atoms with Gasteiger partial charge in [0.05, 0.1) is 35.9 Å². The molecule has 8 heteroatoms. The predicted molar refractivity (Wildman–Crippen MR) is 124 cm³/mol. The Morgan fingerprint density at radius 3 is 2.69 bits per heavy atom. The second-order valence-corrected chi connectivity index (χ2v) is 7.48. The van der Waals surface area contributed by atoms with Gasteiger partial charge in [-0.15, -0.1) is 0 Å². The maximum Gasteiger partial charge on any atom is 0.412 e. The van der Waals surface area contributed by atoms with E-state index >= 15 is 0 Å². The highest BCUT2D eigenvalue weighted by Crippen LogP contribution is 2.30. The van der Waals surface area contributed by atoms with E-state index in [-0.39, 0.29) is 6.61 Å². The summed E-state index contributed by atoms with van der Waals surface area (Å²) in [7, 11) is 1.65. The highest BCUT2D eigenvalue weighted by atomic mass is 16.5. The van der Waals surface area contributed by atoms with Gasteiger partial charge in [0.25, 0.3) is 0 Å². The molecule has 0 aliphatic carbocycles. The number of aromatic nitrogens is 4. The molecule has 0 bridgehead atoms. The van der Waals surface area contributed by atoms with E-state index in [1.54, 1.807) is 13.4 Å². The molecule has 0 saturated carbocycles. The van der Waals surface area contributed by atoms with Crippen LogP contribution in [-0.2, 0) is 24.4 Å². The number of methoxy groups -OCH3 is 1. The minimum absolute atomic E-state index is 0.105. The van der Waals surface area contributed by atoms with Crippen molar-refractivity contribution in [3.63, 3.8) is 0 Å². The summed E-state index contributed by atoms with van der Waals surface area (Å²) in [6, 6.07) is 13.5. The molecule has 0 radical (unpaired) electrons. The molecule has 0 spiro atoms. The molecule has 2 aromatic carbocycles. The molecule has 8 nitrogen and oxygen atoms in total. The van der Waals surface area contributed by atoms with Gasteiger partial charge in [0.1, 0.15) is 12.4 Å². The fourth-order valence-electron chi connectivity index (χ4n) is 3.67. The van der Waals surface area contributed by atoms with Gasteiger partial charge in [0.2, 0.25) is 0 Å². The number of carbonyl (C=O) groups excluding carboxylic acids is 1. The molecule has 166 valence electrons. The fraction of sp³-hybridized carbons (Fsp3) is 0.292. The zero-order chi connectivity index (χ0) is 22.7. The van der Waals surface area contributed by atoms with Crippen LogP contribution in [0, 0.1) is 6.92 Å². The lowest BCUT2D eigenvalue weighted by Crippen LogP contribution is -2.15. The number of amides is 1. The van der Waals surface area contributed by atoms with E-state index < -0.39 is 6.09 Å². The van der Waals surface area contributed by atoms with E-state index in [0.29, 0.717) is 12.2 Å². The number of carbonyl (C=O) groups is 1. The smallest absolute Gasteiger partial charge is 0.412 e. The Morgan fingerprint density at radius 1 is 1.09 bits per heavy atom. The van der Waals surface area contributed by atoms with Gasteiger partial charge in [-0.3, -0.25) is 10.00 Å². The number of fused-ring (bicyclic) bond motifs is 1. The van der Waals surface area contributed by atoms with Crippen LogP contribution in [0.2, 0.25) is 0 Å². The van der Waals surface area contributed by atoms with Crippen LogP contribution < -0.4 is 10.1 Å². The zero-order valence-electron chi connectivity index (χ0n) is 18.8. The second-order valence-electron chi connectivity index (χ2n) is 7.48. The molecule has 0 saturated heterocycles. The molecule has 1 amide bonds. The highest BCUT2D eigenvalue weighted by Gasteiger charge is 2.15. The standard InChI is InChI=1S/C24H27N5O3/c1-5-28-15-25-21-12-17(8-10-22(21)28)26-24(30)32-14-18-13-20(27-29(18)6-2)19-9-7-16(3)11-23(19)31-4/h7-13,15H,5-6,14H2,1-4H3,(H,26,30). The van der Waals surface area contributed by atoms with Crippen molar-refractivity contribution in [2.45, 2.75) is 40.5 Å². The normalized spacial score (nSPS) is 11.0. The molecule has 2 aromatic heterocycles. The zero-order valence-corrected chi connectivity index (χ0v) is 18.8. The lowest BCUT2D eigenvalue weighted by molar-refractivity contribution is 0.151. The first-order valence-corrected chi connectivity index (χ1v) is 10.6. The average molecular weight is 434 g/mol. The Labute approximate surface area is 186 Å². The number of hydrogen-bond donors (Lipinski definition) is 1. The average Bonchev–Trinajstić information content (AvgIpc) is 3.40. The van der Waals surface area contributed by atoms with Crippen LogP contribution >= 0.6 is 0 Å². The first-order chi connectivity index (χ1) is 15.5. The van der Waals surface area contributed by atoms with Gasteiger partial charge >= 0.3 is 6.09 Å². The summed E-state index contributed by atoms with van der Waals surface area (Å²) in [5.41, 5.74) is 6.08. The van der Waals surface area contributed by atoms with Crippen molar-refractivity contribution in [2.24, 2.45) is 0 Å². The molecule has 0 aliphatic heterocycles. The van der Waals surface area contributed by atoms with E-state index in [1.165, 1.54) is 0 Å². The summed E-state index contributed by atoms with van der Waals surface area (Å²) in [4.78, 5) is 16.8. The van der Waals surface area contributed by atoms with Crippen molar-refractivity contribution in [3.8, 4) is 17.0 Å². The molecular weight excluding hydrogens is 406 g/mol. The number of aryl methyl sites for hydroxylation is 3.